The maximum absolute atomic E-state index is 12.4. The van der Waals surface area contributed by atoms with Crippen molar-refractivity contribution in [2.24, 2.45) is 0 Å². The van der Waals surface area contributed by atoms with Crippen molar-refractivity contribution in [3.8, 4) is 0 Å². The van der Waals surface area contributed by atoms with E-state index in [9.17, 15) is 8.42 Å². The summed E-state index contributed by atoms with van der Waals surface area (Å²) in [6.45, 7) is 4.04. The first-order chi connectivity index (χ1) is 9.85. The number of anilines is 1. The highest BCUT2D eigenvalue weighted by molar-refractivity contribution is 9.10. The van der Waals surface area contributed by atoms with E-state index in [0.717, 1.165) is 10.0 Å². The topological polar surface area (TPSA) is 99.8 Å². The molecule has 0 fully saturated rings. The van der Waals surface area contributed by atoms with Crippen molar-refractivity contribution in [3.05, 3.63) is 33.6 Å². The molecular formula is C12H16BrN5O2S. The van der Waals surface area contributed by atoms with Crippen molar-refractivity contribution in [2.75, 3.05) is 11.8 Å². The van der Waals surface area contributed by atoms with Crippen LogP contribution in [0.5, 0.6) is 0 Å². The molecule has 0 amide bonds. The van der Waals surface area contributed by atoms with Crippen molar-refractivity contribution in [1.82, 2.24) is 20.5 Å². The molecule has 0 unspecified atom stereocenters. The van der Waals surface area contributed by atoms with Crippen LogP contribution < -0.4 is 10.0 Å². The van der Waals surface area contributed by atoms with E-state index < -0.39 is 10.0 Å². The zero-order valence-electron chi connectivity index (χ0n) is 11.9. The summed E-state index contributed by atoms with van der Waals surface area (Å²) in [4.78, 5) is 4.04. The number of sulfonamides is 1. The number of halogens is 1. The van der Waals surface area contributed by atoms with E-state index >= 15 is 0 Å². The Bertz CT molecular complexity index is 757. The summed E-state index contributed by atoms with van der Waals surface area (Å²) in [5, 5.41) is 9.50. The van der Waals surface area contributed by atoms with Crippen LogP contribution in [0.2, 0.25) is 0 Å². The molecule has 0 saturated carbocycles. The van der Waals surface area contributed by atoms with E-state index in [1.165, 1.54) is 0 Å². The Labute approximate surface area is 131 Å². The summed E-state index contributed by atoms with van der Waals surface area (Å²) in [6.07, 6.45) is 1.55. The smallest absolute Gasteiger partial charge is 0.282 e. The Morgan fingerprint density at radius 3 is 2.71 bits per heavy atom. The van der Waals surface area contributed by atoms with E-state index in [1.807, 2.05) is 6.92 Å². The monoisotopic (exact) mass is 373 g/mol. The van der Waals surface area contributed by atoms with Gasteiger partial charge in [-0.3, -0.25) is 9.82 Å². The molecule has 2 heterocycles. The summed E-state index contributed by atoms with van der Waals surface area (Å²) < 4.78 is 28.1. The standard InChI is InChI=1S/C12H16BrN5O2S/c1-7-4-11(15-6-10(7)13)18-21(19,20)12-9(5-14-3)8(2)16-17-12/h4,6,14H,5H2,1-3H3,(H,15,18)(H,16,17). The van der Waals surface area contributed by atoms with Crippen LogP contribution in [0.25, 0.3) is 0 Å². The molecule has 0 aliphatic carbocycles. The molecule has 3 N–H and O–H groups in total. The van der Waals surface area contributed by atoms with Crippen molar-refractivity contribution in [2.45, 2.75) is 25.4 Å². The molecule has 2 rings (SSSR count). The van der Waals surface area contributed by atoms with Crippen molar-refractivity contribution in [3.63, 3.8) is 0 Å². The lowest BCUT2D eigenvalue weighted by molar-refractivity contribution is 0.595. The molecule has 0 spiro atoms. The normalized spacial score (nSPS) is 11.6. The van der Waals surface area contributed by atoms with Crippen molar-refractivity contribution in [1.29, 1.82) is 0 Å². The minimum atomic E-state index is -3.79. The summed E-state index contributed by atoms with van der Waals surface area (Å²) in [6, 6.07) is 1.65. The molecule has 0 aromatic carbocycles. The molecule has 0 aliphatic rings. The minimum Gasteiger partial charge on any atom is -0.316 e. The van der Waals surface area contributed by atoms with Crippen LogP contribution in [0.1, 0.15) is 16.8 Å². The van der Waals surface area contributed by atoms with Gasteiger partial charge in [0.1, 0.15) is 5.82 Å². The number of hydrogen-bond donors (Lipinski definition) is 3. The molecule has 0 atom stereocenters. The maximum atomic E-state index is 12.4. The van der Waals surface area contributed by atoms with E-state index in [0.29, 0.717) is 17.8 Å². The fourth-order valence-corrected chi connectivity index (χ4v) is 3.23. The largest absolute Gasteiger partial charge is 0.316 e. The third-order valence-electron chi connectivity index (χ3n) is 2.93. The van der Waals surface area contributed by atoms with Gasteiger partial charge < -0.3 is 5.32 Å². The Morgan fingerprint density at radius 1 is 1.38 bits per heavy atom. The van der Waals surface area contributed by atoms with Crippen molar-refractivity contribution >= 4 is 31.8 Å². The Balaban J connectivity index is 2.36. The number of nitrogens with one attached hydrogen (secondary N) is 3. The molecule has 2 aromatic rings. The quantitative estimate of drug-likeness (QED) is 0.740. The van der Waals surface area contributed by atoms with Gasteiger partial charge in [0.15, 0.2) is 0 Å². The number of aromatic amines is 1. The predicted octanol–water partition coefficient (Wildman–Crippen LogP) is 1.70. The number of H-pyrrole nitrogens is 1. The van der Waals surface area contributed by atoms with Crippen LogP contribution >= 0.6 is 15.9 Å². The fourth-order valence-electron chi connectivity index (χ4n) is 1.82. The molecular weight excluding hydrogens is 358 g/mol. The van der Waals surface area contributed by atoms with Gasteiger partial charge in [0, 0.05) is 28.5 Å². The Hall–Kier alpha value is -1.45. The lowest BCUT2D eigenvalue weighted by Crippen LogP contribution is -2.18. The molecule has 2 aromatic heterocycles. The van der Waals surface area contributed by atoms with Crippen LogP contribution in [0.4, 0.5) is 5.82 Å². The average Bonchev–Trinajstić information content (AvgIpc) is 2.77. The molecule has 0 saturated heterocycles. The zero-order valence-corrected chi connectivity index (χ0v) is 14.3. The number of aryl methyl sites for hydroxylation is 2. The van der Waals surface area contributed by atoms with Gasteiger partial charge in [0.2, 0.25) is 5.03 Å². The average molecular weight is 374 g/mol. The zero-order chi connectivity index (χ0) is 15.6. The first kappa shape index (κ1) is 15.9. The molecule has 0 aliphatic heterocycles. The van der Waals surface area contributed by atoms with E-state index in [4.69, 9.17) is 0 Å². The number of rotatable bonds is 5. The third-order valence-corrected chi connectivity index (χ3v) is 5.08. The van der Waals surface area contributed by atoms with Crippen LogP contribution in [0.3, 0.4) is 0 Å². The van der Waals surface area contributed by atoms with Gasteiger partial charge in [-0.25, -0.2) is 4.98 Å². The summed E-state index contributed by atoms with van der Waals surface area (Å²) >= 11 is 3.32. The van der Waals surface area contributed by atoms with Crippen LogP contribution in [0, 0.1) is 13.8 Å². The molecule has 21 heavy (non-hydrogen) atoms. The number of pyridine rings is 1. The lowest BCUT2D eigenvalue weighted by atomic mass is 10.3. The van der Waals surface area contributed by atoms with E-state index in [1.54, 1.807) is 26.2 Å². The summed E-state index contributed by atoms with van der Waals surface area (Å²) in [5.74, 6) is 0.256. The van der Waals surface area contributed by atoms with Crippen LogP contribution in [0.15, 0.2) is 21.8 Å². The lowest BCUT2D eigenvalue weighted by Gasteiger charge is -2.08. The van der Waals surface area contributed by atoms with Gasteiger partial charge >= 0.3 is 0 Å². The first-order valence-corrected chi connectivity index (χ1v) is 8.46. The highest BCUT2D eigenvalue weighted by atomic mass is 79.9. The highest BCUT2D eigenvalue weighted by Gasteiger charge is 2.24. The predicted molar refractivity (Wildman–Crippen MR) is 83.6 cm³/mol. The SMILES string of the molecule is CNCc1c(S(=O)(=O)Nc2cc(C)c(Br)cn2)n[nH]c1C. The van der Waals surface area contributed by atoms with E-state index in [2.05, 4.69) is 41.2 Å². The van der Waals surface area contributed by atoms with Gasteiger partial charge in [-0.05, 0) is 48.5 Å². The number of nitrogens with zero attached hydrogens (tertiary/aromatic N) is 2. The number of aromatic nitrogens is 3. The second-order valence-electron chi connectivity index (χ2n) is 4.59. The first-order valence-electron chi connectivity index (χ1n) is 6.18. The summed E-state index contributed by atoms with van der Waals surface area (Å²) in [7, 11) is -2.04. The maximum Gasteiger partial charge on any atom is 0.282 e. The van der Waals surface area contributed by atoms with Gasteiger partial charge in [-0.15, -0.1) is 0 Å². The van der Waals surface area contributed by atoms with E-state index in [-0.39, 0.29) is 10.8 Å². The molecule has 114 valence electrons. The van der Waals surface area contributed by atoms with Crippen molar-refractivity contribution < 1.29 is 8.42 Å². The highest BCUT2D eigenvalue weighted by Crippen LogP contribution is 2.21. The van der Waals surface area contributed by atoms with Crippen LogP contribution in [-0.4, -0.2) is 30.6 Å². The van der Waals surface area contributed by atoms with Crippen LogP contribution in [-0.2, 0) is 16.6 Å². The van der Waals surface area contributed by atoms with Gasteiger partial charge in [0.25, 0.3) is 10.0 Å². The van der Waals surface area contributed by atoms with Gasteiger partial charge in [-0.1, -0.05) is 0 Å². The Morgan fingerprint density at radius 2 is 2.10 bits per heavy atom. The third kappa shape index (κ3) is 3.42. The Kier molecular flexibility index (Phi) is 4.64. The second-order valence-corrected chi connectivity index (χ2v) is 7.04. The summed E-state index contributed by atoms with van der Waals surface area (Å²) in [5.41, 5.74) is 2.21. The number of hydrogen-bond acceptors (Lipinski definition) is 5. The molecule has 0 bridgehead atoms. The minimum absolute atomic E-state index is 0.0169. The van der Waals surface area contributed by atoms with Gasteiger partial charge in [-0.2, -0.15) is 13.5 Å². The fraction of sp³-hybridized carbons (Fsp3) is 0.333. The van der Waals surface area contributed by atoms with Gasteiger partial charge in [0.05, 0.1) is 0 Å². The molecule has 0 radical (unpaired) electrons. The second kappa shape index (κ2) is 6.12. The molecule has 9 heteroatoms. The molecule has 7 nitrogen and oxygen atoms in total.